The molecule has 0 saturated carbocycles. The maximum atomic E-state index is 13.2. The molecule has 0 atom stereocenters. The van der Waals surface area contributed by atoms with Crippen LogP contribution in [0.3, 0.4) is 0 Å². The zero-order valence-corrected chi connectivity index (χ0v) is 21.9. The van der Waals surface area contributed by atoms with Crippen LogP contribution in [0.5, 0.6) is 17.2 Å². The highest BCUT2D eigenvalue weighted by atomic mass is 35.5. The van der Waals surface area contributed by atoms with E-state index in [2.05, 4.69) is 0 Å². The Balaban J connectivity index is 1.45. The van der Waals surface area contributed by atoms with E-state index in [0.717, 1.165) is 27.8 Å². The fourth-order valence-electron chi connectivity index (χ4n) is 3.54. The van der Waals surface area contributed by atoms with Crippen molar-refractivity contribution in [2.75, 3.05) is 19.8 Å². The highest BCUT2D eigenvalue weighted by Gasteiger charge is 2.35. The summed E-state index contributed by atoms with van der Waals surface area (Å²) in [4.78, 5) is 26.8. The lowest BCUT2D eigenvalue weighted by Crippen LogP contribution is -2.32. The topological polar surface area (TPSA) is 65.1 Å². The average Bonchev–Trinajstić information content (AvgIpc) is 3.13. The van der Waals surface area contributed by atoms with Crippen molar-refractivity contribution in [3.8, 4) is 17.2 Å². The molecule has 3 aromatic rings. The third-order valence-electron chi connectivity index (χ3n) is 5.40. The number of amides is 2. The van der Waals surface area contributed by atoms with Crippen LogP contribution in [-0.4, -0.2) is 35.8 Å². The molecule has 1 aliphatic rings. The Morgan fingerprint density at radius 2 is 1.73 bits per heavy atom. The number of hydrogen-bond donors (Lipinski definition) is 0. The molecule has 0 radical (unpaired) electrons. The molecule has 2 amide bonds. The summed E-state index contributed by atoms with van der Waals surface area (Å²) in [5.74, 6) is 0.686. The van der Waals surface area contributed by atoms with Crippen LogP contribution in [0, 0.1) is 12.7 Å². The van der Waals surface area contributed by atoms with Gasteiger partial charge in [-0.25, -0.2) is 4.39 Å². The summed E-state index contributed by atoms with van der Waals surface area (Å²) in [5, 5.41) is -0.0795. The molecule has 192 valence electrons. The van der Waals surface area contributed by atoms with Crippen molar-refractivity contribution in [3.05, 3.63) is 93.1 Å². The zero-order valence-electron chi connectivity index (χ0n) is 20.3. The van der Waals surface area contributed by atoms with Crippen molar-refractivity contribution >= 4 is 40.6 Å². The van der Waals surface area contributed by atoms with E-state index in [1.807, 2.05) is 38.1 Å². The van der Waals surface area contributed by atoms with E-state index >= 15 is 0 Å². The molecule has 9 heteroatoms. The van der Waals surface area contributed by atoms with Crippen molar-refractivity contribution in [2.45, 2.75) is 20.5 Å². The van der Waals surface area contributed by atoms with Gasteiger partial charge in [-0.3, -0.25) is 14.5 Å². The average molecular weight is 542 g/mol. The van der Waals surface area contributed by atoms with Crippen LogP contribution in [-0.2, 0) is 11.4 Å². The Morgan fingerprint density at radius 3 is 2.43 bits per heavy atom. The molecular weight excluding hydrogens is 517 g/mol. The minimum Gasteiger partial charge on any atom is -0.492 e. The molecule has 1 saturated heterocycles. The lowest BCUT2D eigenvalue weighted by Gasteiger charge is -2.15. The van der Waals surface area contributed by atoms with Gasteiger partial charge in [-0.05, 0) is 79.2 Å². The first kappa shape index (κ1) is 26.6. The van der Waals surface area contributed by atoms with Crippen LogP contribution >= 0.6 is 23.4 Å². The van der Waals surface area contributed by atoms with Crippen LogP contribution in [0.15, 0.2) is 65.6 Å². The highest BCUT2D eigenvalue weighted by Crippen LogP contribution is 2.39. The Morgan fingerprint density at radius 1 is 1.00 bits per heavy atom. The van der Waals surface area contributed by atoms with E-state index in [1.165, 1.54) is 12.1 Å². The van der Waals surface area contributed by atoms with Crippen LogP contribution in [0.25, 0.3) is 6.08 Å². The summed E-state index contributed by atoms with van der Waals surface area (Å²) >= 11 is 7.36. The highest BCUT2D eigenvalue weighted by molar-refractivity contribution is 8.18. The van der Waals surface area contributed by atoms with Gasteiger partial charge in [-0.15, -0.1) is 0 Å². The number of rotatable bonds is 10. The van der Waals surface area contributed by atoms with E-state index < -0.39 is 5.91 Å². The van der Waals surface area contributed by atoms with Crippen molar-refractivity contribution in [2.24, 2.45) is 0 Å². The normalized spacial score (nSPS) is 14.4. The standard InChI is InChI=1S/C28H25ClFNO5S/c1-3-34-24-15-20(14-23(29)26(24)36-17-19-6-8-21(30)9-7-19)16-25-27(32)31(28(33)37-25)12-13-35-22-10-4-18(2)5-11-22/h4-11,14-16H,3,12-13,17H2,1-2H3/b25-16-. The Kier molecular flexibility index (Phi) is 8.74. The molecule has 3 aromatic carbocycles. The maximum Gasteiger partial charge on any atom is 0.293 e. The van der Waals surface area contributed by atoms with E-state index in [-0.39, 0.29) is 40.7 Å². The van der Waals surface area contributed by atoms with Crippen molar-refractivity contribution < 1.29 is 28.2 Å². The summed E-state index contributed by atoms with van der Waals surface area (Å²) in [6, 6.07) is 16.8. The molecular formula is C28H25ClFNO5S. The number of hydrogen-bond acceptors (Lipinski definition) is 6. The summed E-state index contributed by atoms with van der Waals surface area (Å²) < 4.78 is 30.4. The summed E-state index contributed by atoms with van der Waals surface area (Å²) in [7, 11) is 0. The number of carbonyl (C=O) groups excluding carboxylic acids is 2. The van der Waals surface area contributed by atoms with E-state index in [4.69, 9.17) is 25.8 Å². The largest absolute Gasteiger partial charge is 0.492 e. The first-order valence-corrected chi connectivity index (χ1v) is 12.8. The minimum atomic E-state index is -0.395. The quantitative estimate of drug-likeness (QED) is 0.261. The molecule has 0 aliphatic carbocycles. The van der Waals surface area contributed by atoms with Crippen LogP contribution < -0.4 is 14.2 Å². The van der Waals surface area contributed by atoms with Gasteiger partial charge >= 0.3 is 0 Å². The minimum absolute atomic E-state index is 0.136. The summed E-state index contributed by atoms with van der Waals surface area (Å²) in [6.07, 6.45) is 1.60. The molecule has 37 heavy (non-hydrogen) atoms. The van der Waals surface area contributed by atoms with Gasteiger partial charge < -0.3 is 14.2 Å². The monoisotopic (exact) mass is 541 g/mol. The van der Waals surface area contributed by atoms with Gasteiger partial charge in [0, 0.05) is 0 Å². The van der Waals surface area contributed by atoms with Crippen molar-refractivity contribution in [1.82, 2.24) is 4.90 Å². The third-order valence-corrected chi connectivity index (χ3v) is 6.59. The number of benzene rings is 3. The molecule has 0 aromatic heterocycles. The van der Waals surface area contributed by atoms with E-state index in [9.17, 15) is 14.0 Å². The molecule has 1 fully saturated rings. The first-order valence-electron chi connectivity index (χ1n) is 11.6. The Labute approximate surface area is 224 Å². The fraction of sp³-hybridized carbons (Fsp3) is 0.214. The van der Waals surface area contributed by atoms with Crippen LogP contribution in [0.2, 0.25) is 5.02 Å². The number of carbonyl (C=O) groups is 2. The molecule has 6 nitrogen and oxygen atoms in total. The number of nitrogens with zero attached hydrogens (tertiary/aromatic N) is 1. The number of halogens is 2. The third kappa shape index (κ3) is 6.84. The number of thioether (sulfide) groups is 1. The lowest BCUT2D eigenvalue weighted by atomic mass is 10.1. The van der Waals surface area contributed by atoms with E-state index in [1.54, 1.807) is 30.3 Å². The number of ether oxygens (including phenoxy) is 3. The van der Waals surface area contributed by atoms with Gasteiger partial charge in [0.25, 0.3) is 11.1 Å². The van der Waals surface area contributed by atoms with Gasteiger partial charge in [0.05, 0.1) is 23.1 Å². The molecule has 1 heterocycles. The SMILES string of the molecule is CCOc1cc(/C=C2\SC(=O)N(CCOc3ccc(C)cc3)C2=O)cc(Cl)c1OCc1ccc(F)cc1. The van der Waals surface area contributed by atoms with Gasteiger partial charge in [-0.2, -0.15) is 0 Å². The van der Waals surface area contributed by atoms with Crippen LogP contribution in [0.1, 0.15) is 23.6 Å². The lowest BCUT2D eigenvalue weighted by molar-refractivity contribution is -0.123. The number of imide groups is 1. The predicted octanol–water partition coefficient (Wildman–Crippen LogP) is 6.88. The van der Waals surface area contributed by atoms with E-state index in [0.29, 0.717) is 29.4 Å². The fourth-order valence-corrected chi connectivity index (χ4v) is 4.68. The zero-order chi connectivity index (χ0) is 26.4. The molecule has 0 unspecified atom stereocenters. The van der Waals surface area contributed by atoms with Gasteiger partial charge in [-0.1, -0.05) is 41.4 Å². The molecule has 0 N–H and O–H groups in total. The van der Waals surface area contributed by atoms with Gasteiger partial charge in [0.15, 0.2) is 11.5 Å². The van der Waals surface area contributed by atoms with Crippen molar-refractivity contribution in [3.63, 3.8) is 0 Å². The number of aryl methyl sites for hydroxylation is 1. The first-order chi connectivity index (χ1) is 17.8. The summed E-state index contributed by atoms with van der Waals surface area (Å²) in [6.45, 7) is 4.67. The molecule has 0 spiro atoms. The second-order valence-corrected chi connectivity index (χ2v) is 9.57. The van der Waals surface area contributed by atoms with Gasteiger partial charge in [0.2, 0.25) is 0 Å². The molecule has 4 rings (SSSR count). The summed E-state index contributed by atoms with van der Waals surface area (Å²) in [5.41, 5.74) is 2.47. The van der Waals surface area contributed by atoms with Crippen LogP contribution in [0.4, 0.5) is 9.18 Å². The maximum absolute atomic E-state index is 13.2. The smallest absolute Gasteiger partial charge is 0.293 e. The Hall–Kier alpha value is -3.49. The second-order valence-electron chi connectivity index (χ2n) is 8.17. The second kappa shape index (κ2) is 12.2. The Bertz CT molecular complexity index is 1310. The van der Waals surface area contributed by atoms with Crippen molar-refractivity contribution in [1.29, 1.82) is 0 Å². The molecule has 0 bridgehead atoms. The predicted molar refractivity (Wildman–Crippen MR) is 143 cm³/mol. The molecule has 1 aliphatic heterocycles. The van der Waals surface area contributed by atoms with Gasteiger partial charge in [0.1, 0.15) is 24.8 Å².